The number of aryl methyl sites for hydroxylation is 1. The Kier molecular flexibility index (Phi) is 2.66. The molecule has 1 aromatic carbocycles. The molecule has 7 heteroatoms. The molecule has 0 fully saturated rings. The van der Waals surface area contributed by atoms with Gasteiger partial charge in [0.25, 0.3) is 0 Å². The van der Waals surface area contributed by atoms with Gasteiger partial charge in [-0.2, -0.15) is 18.6 Å². The average molecular weight is 241 g/mol. The topological polar surface area (TPSA) is 60.0 Å². The van der Waals surface area contributed by atoms with E-state index in [1.165, 1.54) is 31.2 Å². The maximum absolute atomic E-state index is 12.6. The molecular weight excluding hydrogens is 232 g/mol. The van der Waals surface area contributed by atoms with Crippen LogP contribution in [0.4, 0.5) is 8.78 Å². The van der Waals surface area contributed by atoms with Gasteiger partial charge in [0.2, 0.25) is 0 Å². The van der Waals surface area contributed by atoms with Crippen molar-refractivity contribution in [3.05, 3.63) is 40.6 Å². The van der Waals surface area contributed by atoms with Gasteiger partial charge < -0.3 is 5.11 Å². The van der Waals surface area contributed by atoms with E-state index in [1.54, 1.807) is 0 Å². The summed E-state index contributed by atoms with van der Waals surface area (Å²) in [5, 5.41) is 12.8. The summed E-state index contributed by atoms with van der Waals surface area (Å²) in [7, 11) is 0. The van der Waals surface area contributed by atoms with E-state index in [2.05, 4.69) is 5.10 Å². The van der Waals surface area contributed by atoms with E-state index in [4.69, 9.17) is 5.11 Å². The van der Waals surface area contributed by atoms with E-state index in [0.717, 1.165) is 4.68 Å². The molecular formula is C10H9F2N3O2. The van der Waals surface area contributed by atoms with Crippen LogP contribution in [0.5, 0.6) is 5.75 Å². The van der Waals surface area contributed by atoms with Crippen LogP contribution in [0.3, 0.4) is 0 Å². The van der Waals surface area contributed by atoms with Gasteiger partial charge in [-0.25, -0.2) is 9.36 Å². The lowest BCUT2D eigenvalue weighted by Crippen LogP contribution is -2.24. The van der Waals surface area contributed by atoms with Crippen LogP contribution in [0.25, 0.3) is 5.69 Å². The van der Waals surface area contributed by atoms with Gasteiger partial charge in [-0.1, -0.05) is 0 Å². The van der Waals surface area contributed by atoms with Gasteiger partial charge in [0.15, 0.2) is 0 Å². The normalized spacial score (nSPS) is 11.1. The second kappa shape index (κ2) is 4.00. The summed E-state index contributed by atoms with van der Waals surface area (Å²) in [6.45, 7) is -1.60. The smallest absolute Gasteiger partial charge is 0.355 e. The summed E-state index contributed by atoms with van der Waals surface area (Å²) in [5.41, 5.74) is -0.599. The summed E-state index contributed by atoms with van der Waals surface area (Å²) >= 11 is 0. The Hall–Kier alpha value is -2.18. The van der Waals surface area contributed by atoms with Crippen LogP contribution >= 0.6 is 0 Å². The van der Waals surface area contributed by atoms with Crippen molar-refractivity contribution in [3.63, 3.8) is 0 Å². The largest absolute Gasteiger partial charge is 0.508 e. The third-order valence-electron chi connectivity index (χ3n) is 2.27. The molecule has 2 rings (SSSR count). The van der Waals surface area contributed by atoms with Gasteiger partial charge in [-0.15, -0.1) is 0 Å². The van der Waals surface area contributed by atoms with Crippen molar-refractivity contribution in [2.24, 2.45) is 0 Å². The molecule has 1 N–H and O–H groups in total. The van der Waals surface area contributed by atoms with Gasteiger partial charge in [-0.05, 0) is 31.2 Å². The molecule has 17 heavy (non-hydrogen) atoms. The van der Waals surface area contributed by atoms with E-state index >= 15 is 0 Å². The van der Waals surface area contributed by atoms with Crippen LogP contribution in [-0.2, 0) is 0 Å². The first kappa shape index (κ1) is 11.3. The van der Waals surface area contributed by atoms with Gasteiger partial charge in [0.1, 0.15) is 11.6 Å². The average Bonchev–Trinajstić information content (AvgIpc) is 2.55. The van der Waals surface area contributed by atoms with Crippen molar-refractivity contribution in [2.75, 3.05) is 0 Å². The number of aromatic hydroxyl groups is 1. The summed E-state index contributed by atoms with van der Waals surface area (Å²) in [6.07, 6.45) is 0. The van der Waals surface area contributed by atoms with Crippen LogP contribution in [0.1, 0.15) is 12.4 Å². The molecule has 0 aliphatic rings. The molecule has 0 radical (unpaired) electrons. The standard InChI is InChI=1S/C10H9F2N3O2/c1-6-13-15(10(17)14(6)9(11)12)7-2-4-8(16)5-3-7/h2-5,9,16H,1H3. The highest BCUT2D eigenvalue weighted by molar-refractivity contribution is 5.35. The lowest BCUT2D eigenvalue weighted by molar-refractivity contribution is 0.0640. The first-order valence-electron chi connectivity index (χ1n) is 4.76. The zero-order valence-electron chi connectivity index (χ0n) is 8.84. The predicted molar refractivity (Wildman–Crippen MR) is 55.5 cm³/mol. The molecule has 0 spiro atoms. The fourth-order valence-corrected chi connectivity index (χ4v) is 1.46. The van der Waals surface area contributed by atoms with E-state index in [1.807, 2.05) is 0 Å². The molecule has 0 bridgehead atoms. The number of benzene rings is 1. The fraction of sp³-hybridized carbons (Fsp3) is 0.200. The van der Waals surface area contributed by atoms with Crippen LogP contribution in [-0.4, -0.2) is 19.5 Å². The SMILES string of the molecule is Cc1nn(-c2ccc(O)cc2)c(=O)n1C(F)F. The zero-order chi connectivity index (χ0) is 12.6. The molecule has 1 heterocycles. The van der Waals surface area contributed by atoms with Gasteiger partial charge in [0.05, 0.1) is 5.69 Å². The van der Waals surface area contributed by atoms with E-state index in [0.29, 0.717) is 10.3 Å². The number of hydrogen-bond donors (Lipinski definition) is 1. The molecule has 90 valence electrons. The first-order valence-corrected chi connectivity index (χ1v) is 4.76. The number of alkyl halides is 2. The lowest BCUT2D eigenvalue weighted by Gasteiger charge is -1.99. The zero-order valence-corrected chi connectivity index (χ0v) is 8.84. The second-order valence-corrected chi connectivity index (χ2v) is 3.41. The Morgan fingerprint density at radius 2 is 1.88 bits per heavy atom. The van der Waals surface area contributed by atoms with Gasteiger partial charge in [-0.3, -0.25) is 0 Å². The minimum Gasteiger partial charge on any atom is -0.508 e. The van der Waals surface area contributed by atoms with E-state index in [-0.39, 0.29) is 11.6 Å². The third-order valence-corrected chi connectivity index (χ3v) is 2.27. The van der Waals surface area contributed by atoms with Crippen molar-refractivity contribution in [1.29, 1.82) is 0 Å². The third kappa shape index (κ3) is 1.91. The van der Waals surface area contributed by atoms with Crippen molar-refractivity contribution in [1.82, 2.24) is 14.3 Å². The number of rotatable bonds is 2. The summed E-state index contributed by atoms with van der Waals surface area (Å²) < 4.78 is 26.3. The highest BCUT2D eigenvalue weighted by Gasteiger charge is 2.17. The van der Waals surface area contributed by atoms with Crippen molar-refractivity contribution < 1.29 is 13.9 Å². The lowest BCUT2D eigenvalue weighted by atomic mass is 10.3. The number of phenolic OH excluding ortho intramolecular Hbond substituents is 1. The Morgan fingerprint density at radius 3 is 2.35 bits per heavy atom. The maximum atomic E-state index is 12.6. The van der Waals surface area contributed by atoms with E-state index in [9.17, 15) is 13.6 Å². The Morgan fingerprint density at radius 1 is 1.29 bits per heavy atom. The number of aromatic nitrogens is 3. The van der Waals surface area contributed by atoms with Gasteiger partial charge >= 0.3 is 12.2 Å². The van der Waals surface area contributed by atoms with Crippen molar-refractivity contribution in [2.45, 2.75) is 13.5 Å². The highest BCUT2D eigenvalue weighted by atomic mass is 19.3. The highest BCUT2D eigenvalue weighted by Crippen LogP contribution is 2.13. The quantitative estimate of drug-likeness (QED) is 0.865. The van der Waals surface area contributed by atoms with Crippen LogP contribution < -0.4 is 5.69 Å². The molecule has 0 atom stereocenters. The Bertz CT molecular complexity index is 587. The van der Waals surface area contributed by atoms with Crippen LogP contribution in [0, 0.1) is 6.92 Å². The maximum Gasteiger partial charge on any atom is 0.355 e. The minimum atomic E-state index is -2.92. The molecule has 0 saturated heterocycles. The summed E-state index contributed by atoms with van der Waals surface area (Å²) in [4.78, 5) is 11.6. The monoisotopic (exact) mass is 241 g/mol. The number of phenols is 1. The van der Waals surface area contributed by atoms with E-state index < -0.39 is 12.2 Å². The number of nitrogens with zero attached hydrogens (tertiary/aromatic N) is 3. The van der Waals surface area contributed by atoms with Crippen molar-refractivity contribution >= 4 is 0 Å². The van der Waals surface area contributed by atoms with Gasteiger partial charge in [0, 0.05) is 0 Å². The van der Waals surface area contributed by atoms with Crippen LogP contribution in [0.2, 0.25) is 0 Å². The second-order valence-electron chi connectivity index (χ2n) is 3.41. The predicted octanol–water partition coefficient (Wildman–Crippen LogP) is 1.44. The number of hydrogen-bond acceptors (Lipinski definition) is 3. The minimum absolute atomic E-state index is 0.0202. The molecule has 2 aromatic rings. The molecule has 0 aliphatic carbocycles. The van der Waals surface area contributed by atoms with Crippen molar-refractivity contribution in [3.8, 4) is 11.4 Å². The fourth-order valence-electron chi connectivity index (χ4n) is 1.46. The molecule has 1 aromatic heterocycles. The summed E-state index contributed by atoms with van der Waals surface area (Å²) in [6, 6.07) is 5.52. The Balaban J connectivity index is 2.58. The Labute approximate surface area is 94.5 Å². The number of halogens is 2. The molecule has 0 amide bonds. The summed E-state index contributed by atoms with van der Waals surface area (Å²) in [5.74, 6) is -0.0510. The molecule has 0 saturated carbocycles. The molecule has 0 unspecified atom stereocenters. The molecule has 5 nitrogen and oxygen atoms in total. The van der Waals surface area contributed by atoms with Crippen LogP contribution in [0.15, 0.2) is 29.1 Å². The first-order chi connectivity index (χ1) is 8.00. The molecule has 0 aliphatic heterocycles.